The first-order valence-electron chi connectivity index (χ1n) is 3.19. The summed E-state index contributed by atoms with van der Waals surface area (Å²) in [5.41, 5.74) is 0. The molecule has 0 aromatic heterocycles. The molecule has 0 aromatic rings. The number of nitrogens with zero attached hydrogens (tertiary/aromatic N) is 2. The highest BCUT2D eigenvalue weighted by Crippen LogP contribution is 2.03. The summed E-state index contributed by atoms with van der Waals surface area (Å²) >= 11 is 0. The SMILES string of the molecule is C#CCN1CCN(C)C1=O. The molecule has 1 aliphatic heterocycles. The van der Waals surface area contributed by atoms with E-state index in [2.05, 4.69) is 5.92 Å². The number of likely N-dealkylation sites (N-methyl/N-ethyl adjacent to an activating group) is 1. The maximum Gasteiger partial charge on any atom is 0.320 e. The highest BCUT2D eigenvalue weighted by molar-refractivity contribution is 5.76. The summed E-state index contributed by atoms with van der Waals surface area (Å²) in [6.07, 6.45) is 5.05. The van der Waals surface area contributed by atoms with Crippen LogP contribution in [-0.2, 0) is 0 Å². The van der Waals surface area contributed by atoms with Crippen molar-refractivity contribution in [2.75, 3.05) is 26.7 Å². The minimum absolute atomic E-state index is 0.0398. The minimum atomic E-state index is 0.0398. The minimum Gasteiger partial charge on any atom is -0.326 e. The fourth-order valence-electron chi connectivity index (χ4n) is 0.960. The van der Waals surface area contributed by atoms with Gasteiger partial charge in [-0.2, -0.15) is 0 Å². The van der Waals surface area contributed by atoms with Crippen molar-refractivity contribution in [1.29, 1.82) is 0 Å². The van der Waals surface area contributed by atoms with Gasteiger partial charge in [-0.15, -0.1) is 6.42 Å². The van der Waals surface area contributed by atoms with E-state index in [9.17, 15) is 4.79 Å². The molecule has 10 heavy (non-hydrogen) atoms. The molecule has 0 N–H and O–H groups in total. The van der Waals surface area contributed by atoms with Crippen LogP contribution in [0, 0.1) is 12.3 Å². The van der Waals surface area contributed by atoms with Crippen molar-refractivity contribution in [3.8, 4) is 12.3 Å². The maximum absolute atomic E-state index is 11.1. The van der Waals surface area contributed by atoms with Gasteiger partial charge >= 0.3 is 6.03 Å². The van der Waals surface area contributed by atoms with E-state index in [0.717, 1.165) is 13.1 Å². The molecule has 0 bridgehead atoms. The van der Waals surface area contributed by atoms with Crippen LogP contribution < -0.4 is 0 Å². The molecular formula is C7H10N2O. The van der Waals surface area contributed by atoms with E-state index in [1.165, 1.54) is 0 Å². The van der Waals surface area contributed by atoms with Crippen molar-refractivity contribution in [2.24, 2.45) is 0 Å². The van der Waals surface area contributed by atoms with Gasteiger partial charge in [0.25, 0.3) is 0 Å². The van der Waals surface area contributed by atoms with Crippen LogP contribution in [0.1, 0.15) is 0 Å². The Morgan fingerprint density at radius 2 is 2.40 bits per heavy atom. The van der Waals surface area contributed by atoms with Crippen molar-refractivity contribution < 1.29 is 4.79 Å². The number of carbonyl (C=O) groups excluding carboxylic acids is 1. The number of urea groups is 1. The van der Waals surface area contributed by atoms with E-state index in [4.69, 9.17) is 6.42 Å². The fraction of sp³-hybridized carbons (Fsp3) is 0.571. The highest BCUT2D eigenvalue weighted by atomic mass is 16.2. The second-order valence-corrected chi connectivity index (χ2v) is 2.33. The average Bonchev–Trinajstić information content (AvgIpc) is 2.20. The van der Waals surface area contributed by atoms with E-state index < -0.39 is 0 Å². The Labute approximate surface area is 60.6 Å². The Hall–Kier alpha value is -1.17. The van der Waals surface area contributed by atoms with Crippen LogP contribution in [0.3, 0.4) is 0 Å². The van der Waals surface area contributed by atoms with Crippen LogP contribution >= 0.6 is 0 Å². The lowest BCUT2D eigenvalue weighted by Crippen LogP contribution is -2.29. The molecule has 0 aliphatic carbocycles. The number of terminal acetylenes is 1. The molecule has 1 saturated heterocycles. The van der Waals surface area contributed by atoms with E-state index in [0.29, 0.717) is 6.54 Å². The molecule has 54 valence electrons. The van der Waals surface area contributed by atoms with Crippen LogP contribution in [0.25, 0.3) is 0 Å². The van der Waals surface area contributed by atoms with Gasteiger partial charge in [0.2, 0.25) is 0 Å². The predicted octanol–water partition coefficient (Wildman–Crippen LogP) is -0.0130. The van der Waals surface area contributed by atoms with Gasteiger partial charge in [0.15, 0.2) is 0 Å². The van der Waals surface area contributed by atoms with E-state index in [1.54, 1.807) is 16.8 Å². The Bertz CT molecular complexity index is 183. The largest absolute Gasteiger partial charge is 0.326 e. The third-order valence-electron chi connectivity index (χ3n) is 1.58. The van der Waals surface area contributed by atoms with Gasteiger partial charge < -0.3 is 9.80 Å². The third-order valence-corrected chi connectivity index (χ3v) is 1.58. The lowest BCUT2D eigenvalue weighted by Gasteiger charge is -2.11. The first-order chi connectivity index (χ1) is 4.75. The van der Waals surface area contributed by atoms with Crippen LogP contribution in [0.2, 0.25) is 0 Å². The quantitative estimate of drug-likeness (QED) is 0.467. The Morgan fingerprint density at radius 3 is 2.80 bits per heavy atom. The topological polar surface area (TPSA) is 23.6 Å². The Kier molecular flexibility index (Phi) is 1.81. The molecule has 0 aromatic carbocycles. The lowest BCUT2D eigenvalue weighted by atomic mass is 10.5. The van der Waals surface area contributed by atoms with Crippen LogP contribution in [-0.4, -0.2) is 42.5 Å². The van der Waals surface area contributed by atoms with E-state index in [1.807, 2.05) is 0 Å². The fourth-order valence-corrected chi connectivity index (χ4v) is 0.960. The zero-order chi connectivity index (χ0) is 7.56. The summed E-state index contributed by atoms with van der Waals surface area (Å²) in [6.45, 7) is 1.99. The van der Waals surface area contributed by atoms with Gasteiger partial charge in [0.05, 0.1) is 6.54 Å². The van der Waals surface area contributed by atoms with Crippen LogP contribution in [0.5, 0.6) is 0 Å². The van der Waals surface area contributed by atoms with Gasteiger partial charge in [-0.1, -0.05) is 5.92 Å². The monoisotopic (exact) mass is 138 g/mol. The van der Waals surface area contributed by atoms with Crippen molar-refractivity contribution in [3.63, 3.8) is 0 Å². The maximum atomic E-state index is 11.1. The summed E-state index contributed by atoms with van der Waals surface area (Å²) in [6, 6.07) is 0.0398. The normalized spacial score (nSPS) is 17.8. The number of hydrogen-bond donors (Lipinski definition) is 0. The summed E-state index contributed by atoms with van der Waals surface area (Å²) < 4.78 is 0. The molecule has 1 heterocycles. The highest BCUT2D eigenvalue weighted by Gasteiger charge is 2.23. The molecule has 2 amide bonds. The lowest BCUT2D eigenvalue weighted by molar-refractivity contribution is 0.203. The van der Waals surface area contributed by atoms with Gasteiger partial charge in [-0.3, -0.25) is 0 Å². The van der Waals surface area contributed by atoms with Gasteiger partial charge in [-0.25, -0.2) is 4.79 Å². The molecule has 0 radical (unpaired) electrons. The molecule has 0 atom stereocenters. The summed E-state index contributed by atoms with van der Waals surface area (Å²) in [5, 5.41) is 0. The molecule has 0 unspecified atom stereocenters. The number of hydrogen-bond acceptors (Lipinski definition) is 1. The van der Waals surface area contributed by atoms with Crippen molar-refractivity contribution in [2.45, 2.75) is 0 Å². The molecule has 0 saturated carbocycles. The zero-order valence-electron chi connectivity index (χ0n) is 6.00. The smallest absolute Gasteiger partial charge is 0.320 e. The van der Waals surface area contributed by atoms with Crippen LogP contribution in [0.4, 0.5) is 4.79 Å². The number of rotatable bonds is 1. The zero-order valence-corrected chi connectivity index (χ0v) is 6.00. The summed E-state index contributed by atoms with van der Waals surface area (Å²) in [7, 11) is 1.78. The second kappa shape index (κ2) is 2.61. The van der Waals surface area contributed by atoms with Gasteiger partial charge in [0.1, 0.15) is 0 Å². The average molecular weight is 138 g/mol. The Morgan fingerprint density at radius 1 is 1.70 bits per heavy atom. The summed E-state index contributed by atoms with van der Waals surface area (Å²) in [5.74, 6) is 2.44. The third kappa shape index (κ3) is 1.06. The molecule has 1 rings (SSSR count). The molecular weight excluding hydrogens is 128 g/mol. The van der Waals surface area contributed by atoms with Crippen molar-refractivity contribution in [1.82, 2.24) is 9.80 Å². The standard InChI is InChI=1S/C7H10N2O/c1-3-4-9-6-5-8(2)7(9)10/h1H,4-6H2,2H3. The molecule has 0 spiro atoms. The second-order valence-electron chi connectivity index (χ2n) is 2.33. The Balaban J connectivity index is 2.51. The van der Waals surface area contributed by atoms with Crippen LogP contribution in [0.15, 0.2) is 0 Å². The van der Waals surface area contributed by atoms with E-state index >= 15 is 0 Å². The van der Waals surface area contributed by atoms with Crippen molar-refractivity contribution in [3.05, 3.63) is 0 Å². The molecule has 3 nitrogen and oxygen atoms in total. The summed E-state index contributed by atoms with van der Waals surface area (Å²) in [4.78, 5) is 14.4. The van der Waals surface area contributed by atoms with E-state index in [-0.39, 0.29) is 6.03 Å². The number of amides is 2. The molecule has 1 aliphatic rings. The first-order valence-corrected chi connectivity index (χ1v) is 3.19. The predicted molar refractivity (Wildman–Crippen MR) is 38.4 cm³/mol. The van der Waals surface area contributed by atoms with Gasteiger partial charge in [-0.05, 0) is 0 Å². The molecule has 1 fully saturated rings. The first kappa shape index (κ1) is 6.94. The van der Waals surface area contributed by atoms with Crippen molar-refractivity contribution >= 4 is 6.03 Å². The number of carbonyl (C=O) groups is 1. The molecule has 3 heteroatoms. The van der Waals surface area contributed by atoms with Gasteiger partial charge in [0, 0.05) is 20.1 Å².